The summed E-state index contributed by atoms with van der Waals surface area (Å²) in [6.07, 6.45) is 6.51. The zero-order valence-corrected chi connectivity index (χ0v) is 6.99. The molecule has 0 bridgehead atoms. The second-order valence-corrected chi connectivity index (χ2v) is 3.67. The Bertz CT molecular complexity index is 120. The fourth-order valence-corrected chi connectivity index (χ4v) is 2.01. The Morgan fingerprint density at radius 2 is 2.30 bits per heavy atom. The van der Waals surface area contributed by atoms with E-state index in [1.165, 1.54) is 31.0 Å². The SMILES string of the molecule is C#CCN1CCCSCC1. The van der Waals surface area contributed by atoms with Gasteiger partial charge in [-0.05, 0) is 18.7 Å². The fraction of sp³-hybridized carbons (Fsp3) is 0.750. The summed E-state index contributed by atoms with van der Waals surface area (Å²) in [6.45, 7) is 3.20. The summed E-state index contributed by atoms with van der Waals surface area (Å²) in [4.78, 5) is 2.35. The molecular formula is C8H13NS. The maximum Gasteiger partial charge on any atom is 0.0599 e. The molecule has 2 heteroatoms. The van der Waals surface area contributed by atoms with Crippen LogP contribution in [0.15, 0.2) is 0 Å². The van der Waals surface area contributed by atoms with E-state index in [4.69, 9.17) is 6.42 Å². The van der Waals surface area contributed by atoms with E-state index in [9.17, 15) is 0 Å². The first-order chi connectivity index (χ1) is 4.93. The van der Waals surface area contributed by atoms with Gasteiger partial charge in [0.05, 0.1) is 6.54 Å². The van der Waals surface area contributed by atoms with Gasteiger partial charge in [0.1, 0.15) is 0 Å². The molecule has 1 nitrogen and oxygen atoms in total. The molecule has 0 N–H and O–H groups in total. The van der Waals surface area contributed by atoms with Crippen LogP contribution in [0.3, 0.4) is 0 Å². The third-order valence-electron chi connectivity index (χ3n) is 1.63. The van der Waals surface area contributed by atoms with Crippen LogP contribution in [0.2, 0.25) is 0 Å². The number of terminal acetylenes is 1. The van der Waals surface area contributed by atoms with E-state index in [2.05, 4.69) is 10.8 Å². The Kier molecular flexibility index (Phi) is 3.71. The second kappa shape index (κ2) is 4.65. The van der Waals surface area contributed by atoms with Gasteiger partial charge >= 0.3 is 0 Å². The molecule has 0 unspecified atom stereocenters. The molecule has 0 aromatic rings. The molecular weight excluding hydrogens is 142 g/mol. The predicted octanol–water partition coefficient (Wildman–Crippen LogP) is 1.06. The maximum absolute atomic E-state index is 5.21. The van der Waals surface area contributed by atoms with Crippen LogP contribution in [0, 0.1) is 12.3 Å². The van der Waals surface area contributed by atoms with Gasteiger partial charge in [-0.25, -0.2) is 0 Å². The predicted molar refractivity (Wildman–Crippen MR) is 47.2 cm³/mol. The van der Waals surface area contributed by atoms with Gasteiger partial charge in [-0.1, -0.05) is 5.92 Å². The number of rotatable bonds is 1. The lowest BCUT2D eigenvalue weighted by Crippen LogP contribution is -2.26. The molecule has 0 saturated carbocycles. The summed E-state index contributed by atoms with van der Waals surface area (Å²) in [5, 5.41) is 0. The minimum atomic E-state index is 0.834. The number of hydrogen-bond acceptors (Lipinski definition) is 2. The lowest BCUT2D eigenvalue weighted by atomic mass is 10.4. The summed E-state index contributed by atoms with van der Waals surface area (Å²) >= 11 is 2.04. The Morgan fingerprint density at radius 3 is 3.10 bits per heavy atom. The summed E-state index contributed by atoms with van der Waals surface area (Å²) < 4.78 is 0. The Hall–Kier alpha value is -0.130. The van der Waals surface area contributed by atoms with Crippen LogP contribution in [0.1, 0.15) is 6.42 Å². The summed E-state index contributed by atoms with van der Waals surface area (Å²) in [6, 6.07) is 0. The lowest BCUT2D eigenvalue weighted by Gasteiger charge is -2.14. The molecule has 0 aliphatic carbocycles. The van der Waals surface area contributed by atoms with Gasteiger partial charge in [0.15, 0.2) is 0 Å². The molecule has 0 atom stereocenters. The Morgan fingerprint density at radius 1 is 1.40 bits per heavy atom. The Balaban J connectivity index is 2.23. The van der Waals surface area contributed by atoms with Crippen molar-refractivity contribution in [1.82, 2.24) is 4.90 Å². The van der Waals surface area contributed by atoms with Crippen LogP contribution in [-0.4, -0.2) is 36.0 Å². The van der Waals surface area contributed by atoms with Crippen LogP contribution in [0.25, 0.3) is 0 Å². The number of thioether (sulfide) groups is 1. The quantitative estimate of drug-likeness (QED) is 0.521. The van der Waals surface area contributed by atoms with Crippen molar-refractivity contribution < 1.29 is 0 Å². The van der Waals surface area contributed by atoms with Crippen molar-refractivity contribution in [2.45, 2.75) is 6.42 Å². The Labute approximate surface area is 67.2 Å². The van der Waals surface area contributed by atoms with Crippen molar-refractivity contribution in [3.05, 3.63) is 0 Å². The van der Waals surface area contributed by atoms with Gasteiger partial charge in [-0.3, -0.25) is 4.90 Å². The molecule has 0 amide bonds. The maximum atomic E-state index is 5.21. The minimum absolute atomic E-state index is 0.834. The normalized spacial score (nSPS) is 21.5. The summed E-state index contributed by atoms with van der Waals surface area (Å²) in [5.41, 5.74) is 0. The minimum Gasteiger partial charge on any atom is -0.292 e. The largest absolute Gasteiger partial charge is 0.292 e. The zero-order chi connectivity index (χ0) is 7.23. The highest BCUT2D eigenvalue weighted by Gasteiger charge is 2.06. The topological polar surface area (TPSA) is 3.24 Å². The zero-order valence-electron chi connectivity index (χ0n) is 6.18. The fourth-order valence-electron chi connectivity index (χ4n) is 1.08. The van der Waals surface area contributed by atoms with Gasteiger partial charge in [0.2, 0.25) is 0 Å². The first kappa shape index (κ1) is 7.97. The standard InChI is InChI=1S/C8H13NS/c1-2-4-9-5-3-7-10-8-6-9/h1H,3-8H2. The molecule has 1 aliphatic rings. The summed E-state index contributed by atoms with van der Waals surface area (Å²) in [7, 11) is 0. The first-order valence-corrected chi connectivity index (χ1v) is 4.82. The van der Waals surface area contributed by atoms with Crippen LogP contribution in [-0.2, 0) is 0 Å². The van der Waals surface area contributed by atoms with Crippen molar-refractivity contribution in [3.63, 3.8) is 0 Å². The van der Waals surface area contributed by atoms with E-state index in [0.717, 1.165) is 6.54 Å². The van der Waals surface area contributed by atoms with Crippen LogP contribution in [0.5, 0.6) is 0 Å². The van der Waals surface area contributed by atoms with E-state index >= 15 is 0 Å². The third-order valence-corrected chi connectivity index (χ3v) is 2.68. The molecule has 56 valence electrons. The molecule has 1 rings (SSSR count). The number of hydrogen-bond donors (Lipinski definition) is 0. The molecule has 1 fully saturated rings. The van der Waals surface area contributed by atoms with Gasteiger partial charge < -0.3 is 0 Å². The van der Waals surface area contributed by atoms with E-state index in [-0.39, 0.29) is 0 Å². The third kappa shape index (κ3) is 2.64. The van der Waals surface area contributed by atoms with Crippen LogP contribution >= 0.6 is 11.8 Å². The molecule has 0 radical (unpaired) electrons. The highest BCUT2D eigenvalue weighted by Crippen LogP contribution is 2.08. The molecule has 1 aliphatic heterocycles. The first-order valence-electron chi connectivity index (χ1n) is 3.67. The van der Waals surface area contributed by atoms with E-state index in [1.54, 1.807) is 0 Å². The molecule has 1 heterocycles. The molecule has 0 aromatic heterocycles. The van der Waals surface area contributed by atoms with Crippen molar-refractivity contribution in [2.75, 3.05) is 31.1 Å². The smallest absolute Gasteiger partial charge is 0.0599 e. The van der Waals surface area contributed by atoms with Gasteiger partial charge in [-0.15, -0.1) is 6.42 Å². The molecule has 1 saturated heterocycles. The molecule has 0 spiro atoms. The van der Waals surface area contributed by atoms with Crippen molar-refractivity contribution >= 4 is 11.8 Å². The molecule has 10 heavy (non-hydrogen) atoms. The average molecular weight is 155 g/mol. The van der Waals surface area contributed by atoms with Crippen molar-refractivity contribution in [2.24, 2.45) is 0 Å². The highest BCUT2D eigenvalue weighted by molar-refractivity contribution is 7.99. The van der Waals surface area contributed by atoms with Crippen LogP contribution < -0.4 is 0 Å². The van der Waals surface area contributed by atoms with Crippen molar-refractivity contribution in [1.29, 1.82) is 0 Å². The average Bonchev–Trinajstić information content (AvgIpc) is 2.17. The summed E-state index contributed by atoms with van der Waals surface area (Å²) in [5.74, 6) is 5.24. The molecule has 0 aromatic carbocycles. The second-order valence-electron chi connectivity index (χ2n) is 2.45. The van der Waals surface area contributed by atoms with Gasteiger partial charge in [0.25, 0.3) is 0 Å². The van der Waals surface area contributed by atoms with E-state index in [1.807, 2.05) is 11.8 Å². The monoisotopic (exact) mass is 155 g/mol. The lowest BCUT2D eigenvalue weighted by molar-refractivity contribution is 0.332. The van der Waals surface area contributed by atoms with Gasteiger partial charge in [0, 0.05) is 12.3 Å². The number of nitrogens with zero attached hydrogens (tertiary/aromatic N) is 1. The van der Waals surface area contributed by atoms with Crippen molar-refractivity contribution in [3.8, 4) is 12.3 Å². The van der Waals surface area contributed by atoms with Crippen LogP contribution in [0.4, 0.5) is 0 Å². The van der Waals surface area contributed by atoms with E-state index < -0.39 is 0 Å². The van der Waals surface area contributed by atoms with E-state index in [0.29, 0.717) is 0 Å². The highest BCUT2D eigenvalue weighted by atomic mass is 32.2. The van der Waals surface area contributed by atoms with Gasteiger partial charge in [-0.2, -0.15) is 11.8 Å².